The number of hydrogen-bond donors (Lipinski definition) is 1. The van der Waals surface area contributed by atoms with E-state index in [1.807, 2.05) is 55.5 Å². The molecule has 2 aromatic rings. The van der Waals surface area contributed by atoms with E-state index in [4.69, 9.17) is 4.74 Å². The Morgan fingerprint density at radius 1 is 1.06 bits per heavy atom. The van der Waals surface area contributed by atoms with Gasteiger partial charge in [0, 0.05) is 11.6 Å². The highest BCUT2D eigenvalue weighted by Crippen LogP contribution is 2.25. The summed E-state index contributed by atoms with van der Waals surface area (Å²) in [6.45, 7) is 2.50. The van der Waals surface area contributed by atoms with Gasteiger partial charge >= 0.3 is 0 Å². The molecule has 0 saturated carbocycles. The third kappa shape index (κ3) is 3.14. The van der Waals surface area contributed by atoms with Crippen LogP contribution in [0.5, 0.6) is 11.5 Å². The van der Waals surface area contributed by atoms with Gasteiger partial charge in [0.05, 0.1) is 6.61 Å². The van der Waals surface area contributed by atoms with Crippen molar-refractivity contribution in [2.24, 2.45) is 0 Å². The van der Waals surface area contributed by atoms with Gasteiger partial charge in [0.25, 0.3) is 0 Å². The van der Waals surface area contributed by atoms with Crippen LogP contribution >= 0.6 is 0 Å². The lowest BCUT2D eigenvalue weighted by molar-refractivity contribution is 0.337. The number of benzene rings is 2. The molecule has 0 unspecified atom stereocenters. The van der Waals surface area contributed by atoms with Gasteiger partial charge in [-0.25, -0.2) is 0 Å². The van der Waals surface area contributed by atoms with Crippen molar-refractivity contribution in [3.8, 4) is 11.5 Å². The molecule has 0 saturated heterocycles. The first-order chi connectivity index (χ1) is 8.79. The lowest BCUT2D eigenvalue weighted by Gasteiger charge is -2.07. The molecular formula is C16H16O2. The Balaban J connectivity index is 2.25. The fourth-order valence-corrected chi connectivity index (χ4v) is 1.69. The highest BCUT2D eigenvalue weighted by atomic mass is 16.5. The topological polar surface area (TPSA) is 29.5 Å². The third-order valence-electron chi connectivity index (χ3n) is 2.55. The standard InChI is InChI=1S/C16H16O2/c1-2-18-16-12-15(17)11-10-14(16)9-8-13-6-4-3-5-7-13/h3-12,17H,2H2,1H3. The zero-order chi connectivity index (χ0) is 12.8. The van der Waals surface area contributed by atoms with Crippen LogP contribution < -0.4 is 4.74 Å². The predicted molar refractivity (Wildman–Crippen MR) is 74.6 cm³/mol. The fourth-order valence-electron chi connectivity index (χ4n) is 1.69. The van der Waals surface area contributed by atoms with Crippen LogP contribution in [0.3, 0.4) is 0 Å². The summed E-state index contributed by atoms with van der Waals surface area (Å²) in [5, 5.41) is 9.45. The van der Waals surface area contributed by atoms with E-state index in [0.29, 0.717) is 12.4 Å². The van der Waals surface area contributed by atoms with Gasteiger partial charge in [-0.3, -0.25) is 0 Å². The molecule has 0 aliphatic rings. The SMILES string of the molecule is CCOc1cc(O)ccc1C=Cc1ccccc1. The number of aromatic hydroxyl groups is 1. The molecule has 18 heavy (non-hydrogen) atoms. The second-order valence-corrected chi connectivity index (χ2v) is 3.90. The molecule has 1 N–H and O–H groups in total. The zero-order valence-electron chi connectivity index (χ0n) is 10.3. The van der Waals surface area contributed by atoms with Crippen LogP contribution in [-0.4, -0.2) is 11.7 Å². The van der Waals surface area contributed by atoms with Crippen LogP contribution in [0, 0.1) is 0 Å². The van der Waals surface area contributed by atoms with Crippen LogP contribution in [0.15, 0.2) is 48.5 Å². The lowest BCUT2D eigenvalue weighted by atomic mass is 10.1. The summed E-state index contributed by atoms with van der Waals surface area (Å²) in [6, 6.07) is 15.2. The highest BCUT2D eigenvalue weighted by Gasteiger charge is 2.01. The number of phenolic OH excluding ortho intramolecular Hbond substituents is 1. The van der Waals surface area contributed by atoms with Gasteiger partial charge < -0.3 is 9.84 Å². The summed E-state index contributed by atoms with van der Waals surface area (Å²) in [4.78, 5) is 0. The maximum atomic E-state index is 9.45. The Bertz CT molecular complexity index is 530. The summed E-state index contributed by atoms with van der Waals surface area (Å²) in [7, 11) is 0. The minimum absolute atomic E-state index is 0.218. The normalized spacial score (nSPS) is 10.7. The smallest absolute Gasteiger partial charge is 0.130 e. The number of phenols is 1. The average molecular weight is 240 g/mol. The van der Waals surface area contributed by atoms with Crippen molar-refractivity contribution in [1.29, 1.82) is 0 Å². The van der Waals surface area contributed by atoms with E-state index in [0.717, 1.165) is 11.1 Å². The van der Waals surface area contributed by atoms with Crippen LogP contribution in [0.1, 0.15) is 18.1 Å². The first-order valence-electron chi connectivity index (χ1n) is 5.98. The minimum Gasteiger partial charge on any atom is -0.508 e. The van der Waals surface area contributed by atoms with Crippen molar-refractivity contribution in [2.45, 2.75) is 6.92 Å². The van der Waals surface area contributed by atoms with Gasteiger partial charge in [0.2, 0.25) is 0 Å². The van der Waals surface area contributed by atoms with Gasteiger partial charge in [-0.1, -0.05) is 42.5 Å². The van der Waals surface area contributed by atoms with Gasteiger partial charge in [-0.2, -0.15) is 0 Å². The average Bonchev–Trinajstić information content (AvgIpc) is 2.39. The first-order valence-corrected chi connectivity index (χ1v) is 5.98. The Hall–Kier alpha value is -2.22. The summed E-state index contributed by atoms with van der Waals surface area (Å²) in [6.07, 6.45) is 4.01. The second-order valence-electron chi connectivity index (χ2n) is 3.90. The van der Waals surface area contributed by atoms with Crippen LogP contribution in [0.25, 0.3) is 12.2 Å². The third-order valence-corrected chi connectivity index (χ3v) is 2.55. The van der Waals surface area contributed by atoms with E-state index in [1.54, 1.807) is 12.1 Å². The van der Waals surface area contributed by atoms with Gasteiger partial charge in [0.15, 0.2) is 0 Å². The quantitative estimate of drug-likeness (QED) is 0.820. The summed E-state index contributed by atoms with van der Waals surface area (Å²) < 4.78 is 5.49. The van der Waals surface area contributed by atoms with Crippen molar-refractivity contribution in [3.63, 3.8) is 0 Å². The van der Waals surface area contributed by atoms with Crippen molar-refractivity contribution < 1.29 is 9.84 Å². The lowest BCUT2D eigenvalue weighted by Crippen LogP contribution is -1.93. The molecule has 0 aliphatic heterocycles. The van der Waals surface area contributed by atoms with Gasteiger partial charge in [-0.05, 0) is 24.6 Å². The Morgan fingerprint density at radius 2 is 1.83 bits per heavy atom. The Labute approximate surface area is 107 Å². The monoisotopic (exact) mass is 240 g/mol. The van der Waals surface area contributed by atoms with Crippen molar-refractivity contribution in [2.75, 3.05) is 6.61 Å². The number of rotatable bonds is 4. The van der Waals surface area contributed by atoms with E-state index in [-0.39, 0.29) is 5.75 Å². The minimum atomic E-state index is 0.218. The summed E-state index contributed by atoms with van der Waals surface area (Å²) in [5.41, 5.74) is 2.09. The fraction of sp³-hybridized carbons (Fsp3) is 0.125. The van der Waals surface area contributed by atoms with Crippen molar-refractivity contribution in [1.82, 2.24) is 0 Å². The molecule has 2 aromatic carbocycles. The molecule has 0 aliphatic carbocycles. The van der Waals surface area contributed by atoms with E-state index in [9.17, 15) is 5.11 Å². The Kier molecular flexibility index (Phi) is 4.02. The molecule has 0 radical (unpaired) electrons. The highest BCUT2D eigenvalue weighted by molar-refractivity contribution is 5.73. The molecule has 0 fully saturated rings. The molecule has 0 aromatic heterocycles. The second kappa shape index (κ2) is 5.92. The summed E-state index contributed by atoms with van der Waals surface area (Å²) >= 11 is 0. The molecule has 0 atom stereocenters. The van der Waals surface area contributed by atoms with Crippen LogP contribution in [0.4, 0.5) is 0 Å². The maximum Gasteiger partial charge on any atom is 0.130 e. The summed E-state index contributed by atoms with van der Waals surface area (Å²) in [5.74, 6) is 0.917. The van der Waals surface area contributed by atoms with Crippen LogP contribution in [0.2, 0.25) is 0 Å². The van der Waals surface area contributed by atoms with Crippen molar-refractivity contribution >= 4 is 12.2 Å². The van der Waals surface area contributed by atoms with Gasteiger partial charge in [0.1, 0.15) is 11.5 Å². The Morgan fingerprint density at radius 3 is 2.56 bits per heavy atom. The predicted octanol–water partition coefficient (Wildman–Crippen LogP) is 3.96. The molecular weight excluding hydrogens is 224 g/mol. The maximum absolute atomic E-state index is 9.45. The van der Waals surface area contributed by atoms with E-state index in [1.165, 1.54) is 0 Å². The molecule has 0 bridgehead atoms. The molecule has 2 nitrogen and oxygen atoms in total. The largest absolute Gasteiger partial charge is 0.508 e. The van der Waals surface area contributed by atoms with E-state index in [2.05, 4.69) is 0 Å². The van der Waals surface area contributed by atoms with Crippen LogP contribution in [-0.2, 0) is 0 Å². The number of hydrogen-bond acceptors (Lipinski definition) is 2. The molecule has 0 heterocycles. The molecule has 92 valence electrons. The van der Waals surface area contributed by atoms with E-state index < -0.39 is 0 Å². The molecule has 2 heteroatoms. The first kappa shape index (κ1) is 12.2. The number of ether oxygens (including phenoxy) is 1. The molecule has 0 amide bonds. The molecule has 0 spiro atoms. The van der Waals surface area contributed by atoms with Crippen molar-refractivity contribution in [3.05, 3.63) is 59.7 Å². The zero-order valence-corrected chi connectivity index (χ0v) is 10.3. The van der Waals surface area contributed by atoms with Gasteiger partial charge in [-0.15, -0.1) is 0 Å². The molecule has 2 rings (SSSR count). The van der Waals surface area contributed by atoms with E-state index >= 15 is 0 Å².